The van der Waals surface area contributed by atoms with E-state index in [0.29, 0.717) is 0 Å². The fourth-order valence-corrected chi connectivity index (χ4v) is 1.54. The zero-order valence-electron chi connectivity index (χ0n) is 5.62. The smallest absolute Gasteiger partial charge is 0.205 e. The quantitative estimate of drug-likeness (QED) is 0.543. The topological polar surface area (TPSA) is 0 Å². The molecule has 0 heterocycles. The number of halogens is 5. The first-order valence-corrected chi connectivity index (χ1v) is 4.40. The van der Waals surface area contributed by atoms with Crippen molar-refractivity contribution in [3.8, 4) is 0 Å². The van der Waals surface area contributed by atoms with Crippen molar-refractivity contribution in [1.82, 2.24) is 0 Å². The van der Waals surface area contributed by atoms with E-state index in [1.54, 1.807) is 22.6 Å². The van der Waals surface area contributed by atoms with Gasteiger partial charge in [0.15, 0.2) is 0 Å². The van der Waals surface area contributed by atoms with Crippen molar-refractivity contribution in [2.45, 2.75) is 6.43 Å². The Kier molecular flexibility index (Phi) is 3.22. The molecule has 0 aliphatic carbocycles. The molecule has 1 aromatic rings. The molecular formula is C7H3ClF3I. The van der Waals surface area contributed by atoms with Crippen molar-refractivity contribution >= 4 is 34.2 Å². The molecule has 0 amide bonds. The number of alkyl halides is 2. The average molecular weight is 306 g/mol. The Morgan fingerprint density at radius 1 is 1.33 bits per heavy atom. The third-order valence-electron chi connectivity index (χ3n) is 1.27. The Morgan fingerprint density at radius 3 is 2.42 bits per heavy atom. The lowest BCUT2D eigenvalue weighted by Gasteiger charge is -2.03. The third-order valence-corrected chi connectivity index (χ3v) is 2.50. The van der Waals surface area contributed by atoms with E-state index in [9.17, 15) is 13.2 Å². The summed E-state index contributed by atoms with van der Waals surface area (Å²) in [5.41, 5.74) is -0.234. The van der Waals surface area contributed by atoms with Crippen molar-refractivity contribution in [1.29, 1.82) is 0 Å². The highest BCUT2D eigenvalue weighted by Gasteiger charge is 2.14. The molecule has 0 unspecified atom stereocenters. The molecule has 0 atom stereocenters. The van der Waals surface area contributed by atoms with Crippen LogP contribution in [-0.4, -0.2) is 0 Å². The van der Waals surface area contributed by atoms with Crippen molar-refractivity contribution < 1.29 is 13.2 Å². The molecule has 12 heavy (non-hydrogen) atoms. The van der Waals surface area contributed by atoms with Crippen molar-refractivity contribution in [2.24, 2.45) is 0 Å². The van der Waals surface area contributed by atoms with E-state index in [1.807, 2.05) is 0 Å². The molecule has 5 heteroatoms. The lowest BCUT2D eigenvalue weighted by atomic mass is 10.2. The molecule has 66 valence electrons. The largest absolute Gasteiger partial charge is 0.264 e. The summed E-state index contributed by atoms with van der Waals surface area (Å²) >= 11 is 6.96. The van der Waals surface area contributed by atoms with Gasteiger partial charge in [-0.3, -0.25) is 0 Å². The molecule has 0 spiro atoms. The highest BCUT2D eigenvalue weighted by molar-refractivity contribution is 14.1. The Labute approximate surface area is 85.9 Å². The lowest BCUT2D eigenvalue weighted by molar-refractivity contribution is 0.150. The minimum atomic E-state index is -2.62. The van der Waals surface area contributed by atoms with E-state index < -0.39 is 12.2 Å². The van der Waals surface area contributed by atoms with Crippen molar-refractivity contribution in [3.05, 3.63) is 32.1 Å². The van der Waals surface area contributed by atoms with Gasteiger partial charge >= 0.3 is 0 Å². The molecule has 0 N–H and O–H groups in total. The van der Waals surface area contributed by atoms with Gasteiger partial charge in [-0.2, -0.15) is 0 Å². The number of hydrogen-bond donors (Lipinski definition) is 0. The fourth-order valence-electron chi connectivity index (χ4n) is 0.705. The average Bonchev–Trinajstić information content (AvgIpc) is 1.96. The molecule has 0 bridgehead atoms. The Balaban J connectivity index is 3.23. The van der Waals surface area contributed by atoms with Crippen LogP contribution in [-0.2, 0) is 0 Å². The van der Waals surface area contributed by atoms with Crippen LogP contribution < -0.4 is 0 Å². The van der Waals surface area contributed by atoms with Gasteiger partial charge in [0, 0.05) is 9.13 Å². The number of rotatable bonds is 1. The highest BCUT2D eigenvalue weighted by Crippen LogP contribution is 2.28. The maximum absolute atomic E-state index is 12.6. The van der Waals surface area contributed by atoms with Crippen molar-refractivity contribution in [2.75, 3.05) is 0 Å². The molecule has 0 aliphatic rings. The predicted octanol–water partition coefficient (Wildman–Crippen LogP) is 4.02. The first kappa shape index (κ1) is 10.1. The zero-order chi connectivity index (χ0) is 9.30. The van der Waals surface area contributed by atoms with Gasteiger partial charge in [-0.1, -0.05) is 11.6 Å². The Hall–Kier alpha value is 0.0300. The first-order chi connectivity index (χ1) is 5.52. The minimum absolute atomic E-state index is 0.185. The second-order valence-electron chi connectivity index (χ2n) is 2.09. The van der Waals surface area contributed by atoms with Crippen LogP contribution in [0.4, 0.5) is 13.2 Å². The number of hydrogen-bond acceptors (Lipinski definition) is 0. The van der Waals surface area contributed by atoms with Gasteiger partial charge in [-0.25, -0.2) is 13.2 Å². The Bertz CT molecular complexity index is 301. The van der Waals surface area contributed by atoms with Crippen molar-refractivity contribution in [3.63, 3.8) is 0 Å². The summed E-state index contributed by atoms with van der Waals surface area (Å²) in [7, 11) is 0. The molecule has 1 aromatic carbocycles. The Morgan fingerprint density at radius 2 is 1.92 bits per heavy atom. The van der Waals surface area contributed by atoms with Gasteiger partial charge < -0.3 is 0 Å². The van der Waals surface area contributed by atoms with Gasteiger partial charge in [-0.05, 0) is 34.7 Å². The second-order valence-corrected chi connectivity index (χ2v) is 3.66. The molecule has 0 aromatic heterocycles. The van der Waals surface area contributed by atoms with Crippen LogP contribution in [0.1, 0.15) is 12.0 Å². The van der Waals surface area contributed by atoms with Gasteiger partial charge in [0.25, 0.3) is 6.43 Å². The monoisotopic (exact) mass is 306 g/mol. The van der Waals surface area contributed by atoms with E-state index in [0.717, 1.165) is 12.1 Å². The molecule has 0 nitrogen and oxygen atoms in total. The molecule has 0 saturated heterocycles. The summed E-state index contributed by atoms with van der Waals surface area (Å²) in [4.78, 5) is 0. The summed E-state index contributed by atoms with van der Waals surface area (Å²) in [6.45, 7) is 0. The van der Waals surface area contributed by atoms with E-state index in [-0.39, 0.29) is 14.2 Å². The summed E-state index contributed by atoms with van der Waals surface area (Å²) in [6.07, 6.45) is -2.62. The SMILES string of the molecule is Fc1cc(I)c(C(F)F)cc1Cl. The lowest BCUT2D eigenvalue weighted by Crippen LogP contribution is -1.91. The maximum Gasteiger partial charge on any atom is 0.264 e. The van der Waals surface area contributed by atoms with Crippen LogP contribution >= 0.6 is 34.2 Å². The van der Waals surface area contributed by atoms with Crippen LogP contribution in [0, 0.1) is 9.39 Å². The molecular weight excluding hydrogens is 303 g/mol. The van der Waals surface area contributed by atoms with Crippen LogP contribution in [0.2, 0.25) is 5.02 Å². The van der Waals surface area contributed by atoms with Crippen LogP contribution in [0.5, 0.6) is 0 Å². The fraction of sp³-hybridized carbons (Fsp3) is 0.143. The summed E-state index contributed by atoms with van der Waals surface area (Å²) in [5, 5.41) is -0.272. The second kappa shape index (κ2) is 3.83. The molecule has 0 saturated carbocycles. The first-order valence-electron chi connectivity index (χ1n) is 2.95. The van der Waals surface area contributed by atoms with Crippen LogP contribution in [0.3, 0.4) is 0 Å². The van der Waals surface area contributed by atoms with E-state index >= 15 is 0 Å². The predicted molar refractivity (Wildman–Crippen MR) is 49.1 cm³/mol. The van der Waals surface area contributed by atoms with E-state index in [1.165, 1.54) is 0 Å². The third kappa shape index (κ3) is 2.04. The van der Waals surface area contributed by atoms with E-state index in [4.69, 9.17) is 11.6 Å². The molecule has 0 fully saturated rings. The minimum Gasteiger partial charge on any atom is -0.205 e. The summed E-state index contributed by atoms with van der Waals surface area (Å²) in [5.74, 6) is -0.675. The van der Waals surface area contributed by atoms with Crippen LogP contribution in [0.15, 0.2) is 12.1 Å². The molecule has 1 rings (SSSR count). The van der Waals surface area contributed by atoms with Gasteiger partial charge in [0.05, 0.1) is 5.02 Å². The van der Waals surface area contributed by atoms with Gasteiger partial charge in [0.1, 0.15) is 5.82 Å². The van der Waals surface area contributed by atoms with Gasteiger partial charge in [-0.15, -0.1) is 0 Å². The normalized spacial score (nSPS) is 10.8. The van der Waals surface area contributed by atoms with Gasteiger partial charge in [0.2, 0.25) is 0 Å². The summed E-state index contributed by atoms with van der Waals surface area (Å²) in [6, 6.07) is 1.94. The standard InChI is InChI=1S/C7H3ClF3I/c8-4-1-3(7(10)11)6(12)2-5(4)9/h1-2,7H. The molecule has 0 aliphatic heterocycles. The van der Waals surface area contributed by atoms with E-state index in [2.05, 4.69) is 0 Å². The molecule has 0 radical (unpaired) electrons. The number of benzene rings is 1. The highest BCUT2D eigenvalue weighted by atomic mass is 127. The van der Waals surface area contributed by atoms with Crippen LogP contribution in [0.25, 0.3) is 0 Å². The summed E-state index contributed by atoms with van der Waals surface area (Å²) < 4.78 is 37.1. The zero-order valence-corrected chi connectivity index (χ0v) is 8.54. The maximum atomic E-state index is 12.6.